The van der Waals surface area contributed by atoms with Gasteiger partial charge in [0.25, 0.3) is 0 Å². The lowest BCUT2D eigenvalue weighted by Crippen LogP contribution is -2.06. The predicted octanol–water partition coefficient (Wildman–Crippen LogP) is 3.04. The minimum Gasteiger partial charge on any atom is -0.388 e. The van der Waals surface area contributed by atoms with Crippen molar-refractivity contribution in [1.29, 1.82) is 0 Å². The first kappa shape index (κ1) is 12.8. The molecule has 0 heterocycles. The van der Waals surface area contributed by atoms with E-state index in [1.165, 1.54) is 11.1 Å². The molecular formula is C16H19NO. The Morgan fingerprint density at radius 3 is 2.61 bits per heavy atom. The summed E-state index contributed by atoms with van der Waals surface area (Å²) in [5.74, 6) is 0. The van der Waals surface area contributed by atoms with Crippen LogP contribution in [0.2, 0.25) is 0 Å². The van der Waals surface area contributed by atoms with E-state index in [1.807, 2.05) is 30.3 Å². The van der Waals surface area contributed by atoms with Crippen molar-refractivity contribution >= 4 is 0 Å². The van der Waals surface area contributed by atoms with E-state index in [2.05, 4.69) is 25.1 Å². The summed E-state index contributed by atoms with van der Waals surface area (Å²) in [5, 5.41) is 9.98. The topological polar surface area (TPSA) is 46.2 Å². The van der Waals surface area contributed by atoms with Gasteiger partial charge in [-0.2, -0.15) is 0 Å². The Kier molecular flexibility index (Phi) is 4.13. The van der Waals surface area contributed by atoms with E-state index in [9.17, 15) is 5.11 Å². The van der Waals surface area contributed by atoms with Gasteiger partial charge in [-0.3, -0.25) is 0 Å². The summed E-state index contributed by atoms with van der Waals surface area (Å²) in [7, 11) is 0. The highest BCUT2D eigenvalue weighted by Gasteiger charge is 2.08. The summed E-state index contributed by atoms with van der Waals surface area (Å²) in [4.78, 5) is 0. The molecule has 0 radical (unpaired) electrons. The summed E-state index contributed by atoms with van der Waals surface area (Å²) in [6, 6.07) is 16.3. The summed E-state index contributed by atoms with van der Waals surface area (Å²) < 4.78 is 0. The number of aryl methyl sites for hydroxylation is 1. The van der Waals surface area contributed by atoms with Crippen LogP contribution in [0.1, 0.15) is 23.7 Å². The smallest absolute Gasteiger partial charge is 0.0802 e. The first-order valence-electron chi connectivity index (χ1n) is 6.26. The third-order valence-corrected chi connectivity index (χ3v) is 3.17. The molecule has 3 N–H and O–H groups in total. The van der Waals surface area contributed by atoms with Gasteiger partial charge in [0.2, 0.25) is 0 Å². The first-order chi connectivity index (χ1) is 8.72. The van der Waals surface area contributed by atoms with Crippen molar-refractivity contribution in [3.63, 3.8) is 0 Å². The van der Waals surface area contributed by atoms with Crippen molar-refractivity contribution in [2.24, 2.45) is 5.73 Å². The number of hydrogen-bond donors (Lipinski definition) is 2. The molecule has 0 bridgehead atoms. The van der Waals surface area contributed by atoms with Crippen LogP contribution in [0.3, 0.4) is 0 Å². The molecule has 0 aliphatic heterocycles. The van der Waals surface area contributed by atoms with Crippen LogP contribution in [-0.4, -0.2) is 11.7 Å². The van der Waals surface area contributed by atoms with Crippen LogP contribution in [0, 0.1) is 6.92 Å². The third-order valence-electron chi connectivity index (χ3n) is 3.17. The molecule has 2 rings (SSSR count). The van der Waals surface area contributed by atoms with Crippen molar-refractivity contribution < 1.29 is 5.11 Å². The van der Waals surface area contributed by atoms with Gasteiger partial charge in [-0.1, -0.05) is 42.5 Å². The van der Waals surface area contributed by atoms with Crippen LogP contribution in [0.15, 0.2) is 48.5 Å². The van der Waals surface area contributed by atoms with Gasteiger partial charge in [-0.15, -0.1) is 0 Å². The quantitative estimate of drug-likeness (QED) is 0.864. The summed E-state index contributed by atoms with van der Waals surface area (Å²) in [5.41, 5.74) is 10.00. The molecule has 2 aromatic carbocycles. The molecule has 0 spiro atoms. The summed E-state index contributed by atoms with van der Waals surface area (Å²) in [6.45, 7) is 2.59. The first-order valence-corrected chi connectivity index (χ1v) is 6.26. The molecule has 0 amide bonds. The maximum Gasteiger partial charge on any atom is 0.0802 e. The van der Waals surface area contributed by atoms with Crippen LogP contribution in [0.4, 0.5) is 0 Å². The second kappa shape index (κ2) is 5.80. The highest BCUT2D eigenvalue weighted by molar-refractivity contribution is 5.67. The SMILES string of the molecule is Cc1ccccc1-c1cccc([C@H](O)CCN)c1. The zero-order valence-electron chi connectivity index (χ0n) is 10.6. The molecule has 2 aromatic rings. The molecule has 0 saturated carbocycles. The number of aliphatic hydroxyl groups is 1. The lowest BCUT2D eigenvalue weighted by Gasteiger charge is -2.12. The van der Waals surface area contributed by atoms with Crippen molar-refractivity contribution in [2.75, 3.05) is 6.54 Å². The Bertz CT molecular complexity index is 522. The van der Waals surface area contributed by atoms with Crippen LogP contribution in [0.5, 0.6) is 0 Å². The van der Waals surface area contributed by atoms with Gasteiger partial charge in [0.15, 0.2) is 0 Å². The average Bonchev–Trinajstić information content (AvgIpc) is 2.40. The number of nitrogens with two attached hydrogens (primary N) is 1. The molecule has 1 atom stereocenters. The fourth-order valence-corrected chi connectivity index (χ4v) is 2.13. The van der Waals surface area contributed by atoms with Crippen LogP contribution in [-0.2, 0) is 0 Å². The van der Waals surface area contributed by atoms with E-state index in [0.717, 1.165) is 11.1 Å². The molecular weight excluding hydrogens is 222 g/mol. The van der Waals surface area contributed by atoms with Crippen molar-refractivity contribution in [2.45, 2.75) is 19.4 Å². The van der Waals surface area contributed by atoms with E-state index in [0.29, 0.717) is 13.0 Å². The Morgan fingerprint density at radius 2 is 1.89 bits per heavy atom. The Morgan fingerprint density at radius 1 is 1.11 bits per heavy atom. The van der Waals surface area contributed by atoms with Gasteiger partial charge >= 0.3 is 0 Å². The fourth-order valence-electron chi connectivity index (χ4n) is 2.13. The molecule has 18 heavy (non-hydrogen) atoms. The molecule has 2 heteroatoms. The van der Waals surface area contributed by atoms with Crippen LogP contribution < -0.4 is 5.73 Å². The van der Waals surface area contributed by atoms with Crippen LogP contribution >= 0.6 is 0 Å². The Labute approximate surface area is 108 Å². The Hall–Kier alpha value is -1.64. The molecule has 0 fully saturated rings. The minimum absolute atomic E-state index is 0.473. The minimum atomic E-state index is -0.473. The lowest BCUT2D eigenvalue weighted by atomic mass is 9.97. The molecule has 0 unspecified atom stereocenters. The molecule has 2 nitrogen and oxygen atoms in total. The second-order valence-electron chi connectivity index (χ2n) is 4.53. The second-order valence-corrected chi connectivity index (χ2v) is 4.53. The number of benzene rings is 2. The third kappa shape index (κ3) is 2.78. The van der Waals surface area contributed by atoms with Gasteiger partial charge in [0.05, 0.1) is 6.10 Å². The fraction of sp³-hybridized carbons (Fsp3) is 0.250. The summed E-state index contributed by atoms with van der Waals surface area (Å²) >= 11 is 0. The van der Waals surface area contributed by atoms with Crippen LogP contribution in [0.25, 0.3) is 11.1 Å². The molecule has 0 aliphatic rings. The van der Waals surface area contributed by atoms with Gasteiger partial charge < -0.3 is 10.8 Å². The van der Waals surface area contributed by atoms with Crippen molar-refractivity contribution in [3.05, 3.63) is 59.7 Å². The molecule has 0 aromatic heterocycles. The number of aliphatic hydroxyl groups excluding tert-OH is 1. The van der Waals surface area contributed by atoms with Crippen molar-refractivity contribution in [3.8, 4) is 11.1 Å². The van der Waals surface area contributed by atoms with Gasteiger partial charge in [-0.25, -0.2) is 0 Å². The van der Waals surface area contributed by atoms with Crippen molar-refractivity contribution in [1.82, 2.24) is 0 Å². The summed E-state index contributed by atoms with van der Waals surface area (Å²) in [6.07, 6.45) is 0.121. The predicted molar refractivity (Wildman–Crippen MR) is 75.2 cm³/mol. The van der Waals surface area contributed by atoms with E-state index in [-0.39, 0.29) is 0 Å². The average molecular weight is 241 g/mol. The highest BCUT2D eigenvalue weighted by Crippen LogP contribution is 2.26. The highest BCUT2D eigenvalue weighted by atomic mass is 16.3. The number of rotatable bonds is 4. The molecule has 0 saturated heterocycles. The van der Waals surface area contributed by atoms with E-state index >= 15 is 0 Å². The van der Waals surface area contributed by atoms with E-state index in [1.54, 1.807) is 0 Å². The number of hydrogen-bond acceptors (Lipinski definition) is 2. The zero-order chi connectivity index (χ0) is 13.0. The normalized spacial score (nSPS) is 12.4. The maximum absolute atomic E-state index is 9.98. The van der Waals surface area contributed by atoms with Gasteiger partial charge in [0.1, 0.15) is 0 Å². The molecule has 0 aliphatic carbocycles. The van der Waals surface area contributed by atoms with E-state index in [4.69, 9.17) is 5.73 Å². The monoisotopic (exact) mass is 241 g/mol. The zero-order valence-corrected chi connectivity index (χ0v) is 10.6. The van der Waals surface area contributed by atoms with Gasteiger partial charge in [-0.05, 0) is 48.2 Å². The molecule has 94 valence electrons. The Balaban J connectivity index is 2.36. The lowest BCUT2D eigenvalue weighted by molar-refractivity contribution is 0.170. The van der Waals surface area contributed by atoms with E-state index < -0.39 is 6.10 Å². The standard InChI is InChI=1S/C16H19NO/c1-12-5-2-3-8-15(12)13-6-4-7-14(11-13)16(18)9-10-17/h2-8,11,16,18H,9-10,17H2,1H3/t16-/m1/s1. The van der Waals surface area contributed by atoms with Gasteiger partial charge in [0, 0.05) is 0 Å². The maximum atomic E-state index is 9.98. The largest absolute Gasteiger partial charge is 0.388 e.